The Morgan fingerprint density at radius 1 is 1.10 bits per heavy atom. The molecule has 1 amide bonds. The van der Waals surface area contributed by atoms with Crippen LogP contribution in [0.5, 0.6) is 11.5 Å². The summed E-state index contributed by atoms with van der Waals surface area (Å²) in [7, 11) is -2.31. The number of hydrogen-bond acceptors (Lipinski definition) is 5. The van der Waals surface area contributed by atoms with Crippen LogP contribution in [0.25, 0.3) is 0 Å². The predicted octanol–water partition coefficient (Wildman–Crippen LogP) is 3.54. The Morgan fingerprint density at radius 2 is 1.79 bits per heavy atom. The zero-order valence-electron chi connectivity index (χ0n) is 16.1. The van der Waals surface area contributed by atoms with Crippen molar-refractivity contribution in [2.45, 2.75) is 24.2 Å². The SMILES string of the molecule is COc1ccc(NS(=O)(=O)c2ccc(OCC(=O)N3CCCCC3)cc2)cc1Cl. The number of nitrogens with zero attached hydrogens (tertiary/aromatic N) is 1. The van der Waals surface area contributed by atoms with Crippen molar-refractivity contribution in [2.24, 2.45) is 0 Å². The van der Waals surface area contributed by atoms with Gasteiger partial charge in [0.25, 0.3) is 15.9 Å². The van der Waals surface area contributed by atoms with Gasteiger partial charge in [-0.25, -0.2) is 8.42 Å². The maximum absolute atomic E-state index is 12.6. The van der Waals surface area contributed by atoms with Crippen LogP contribution in [0.3, 0.4) is 0 Å². The van der Waals surface area contributed by atoms with Gasteiger partial charge in [0, 0.05) is 13.1 Å². The van der Waals surface area contributed by atoms with E-state index < -0.39 is 10.0 Å². The van der Waals surface area contributed by atoms with Gasteiger partial charge in [-0.2, -0.15) is 0 Å². The molecule has 1 fully saturated rings. The molecule has 0 saturated carbocycles. The Hall–Kier alpha value is -2.45. The summed E-state index contributed by atoms with van der Waals surface area (Å²) < 4.78 is 38.2. The van der Waals surface area contributed by atoms with E-state index >= 15 is 0 Å². The zero-order chi connectivity index (χ0) is 20.9. The van der Waals surface area contributed by atoms with Gasteiger partial charge in [0.15, 0.2) is 6.61 Å². The molecule has 29 heavy (non-hydrogen) atoms. The van der Waals surface area contributed by atoms with E-state index in [4.69, 9.17) is 21.1 Å². The Morgan fingerprint density at radius 3 is 2.41 bits per heavy atom. The minimum atomic E-state index is -3.80. The van der Waals surface area contributed by atoms with Gasteiger partial charge in [-0.05, 0) is 61.7 Å². The summed E-state index contributed by atoms with van der Waals surface area (Å²) in [5.74, 6) is 0.830. The third kappa shape index (κ3) is 5.55. The third-order valence-electron chi connectivity index (χ3n) is 4.61. The highest BCUT2D eigenvalue weighted by Crippen LogP contribution is 2.28. The lowest BCUT2D eigenvalue weighted by molar-refractivity contribution is -0.134. The molecule has 0 bridgehead atoms. The van der Waals surface area contributed by atoms with Gasteiger partial charge >= 0.3 is 0 Å². The maximum atomic E-state index is 12.6. The Bertz CT molecular complexity index is 957. The third-order valence-corrected chi connectivity index (χ3v) is 6.30. The van der Waals surface area contributed by atoms with Gasteiger partial charge in [0.2, 0.25) is 0 Å². The number of amides is 1. The van der Waals surface area contributed by atoms with Crippen molar-refractivity contribution in [1.29, 1.82) is 0 Å². The highest BCUT2D eigenvalue weighted by Gasteiger charge is 2.18. The number of carbonyl (C=O) groups excluding carboxylic acids is 1. The van der Waals surface area contributed by atoms with Crippen molar-refractivity contribution in [2.75, 3.05) is 31.5 Å². The fraction of sp³-hybridized carbons (Fsp3) is 0.350. The molecule has 1 saturated heterocycles. The largest absolute Gasteiger partial charge is 0.495 e. The summed E-state index contributed by atoms with van der Waals surface area (Å²) in [5.41, 5.74) is 0.322. The van der Waals surface area contributed by atoms with E-state index in [1.165, 1.54) is 37.4 Å². The van der Waals surface area contributed by atoms with Gasteiger partial charge < -0.3 is 14.4 Å². The highest BCUT2D eigenvalue weighted by atomic mass is 35.5. The van der Waals surface area contributed by atoms with Gasteiger partial charge in [0.1, 0.15) is 11.5 Å². The van der Waals surface area contributed by atoms with Crippen molar-refractivity contribution in [1.82, 2.24) is 4.90 Å². The average Bonchev–Trinajstić information content (AvgIpc) is 2.73. The van der Waals surface area contributed by atoms with Gasteiger partial charge in [-0.15, -0.1) is 0 Å². The Kier molecular flexibility index (Phi) is 6.87. The van der Waals surface area contributed by atoms with Crippen LogP contribution in [-0.2, 0) is 14.8 Å². The number of piperidine rings is 1. The van der Waals surface area contributed by atoms with Crippen molar-refractivity contribution in [3.8, 4) is 11.5 Å². The summed E-state index contributed by atoms with van der Waals surface area (Å²) in [6, 6.07) is 10.5. The minimum Gasteiger partial charge on any atom is -0.495 e. The molecule has 2 aromatic rings. The fourth-order valence-corrected chi connectivity index (χ4v) is 4.35. The number of anilines is 1. The predicted molar refractivity (Wildman–Crippen MR) is 111 cm³/mol. The first-order valence-corrected chi connectivity index (χ1v) is 11.1. The van der Waals surface area contributed by atoms with E-state index in [1.54, 1.807) is 17.0 Å². The minimum absolute atomic E-state index is 0.0561. The lowest BCUT2D eigenvalue weighted by atomic mass is 10.1. The first-order valence-electron chi connectivity index (χ1n) is 9.26. The van der Waals surface area contributed by atoms with E-state index in [0.717, 1.165) is 32.4 Å². The molecule has 0 aliphatic carbocycles. The molecule has 1 heterocycles. The standard InChI is InChI=1S/C20H23ClN2O5S/c1-27-19-10-5-15(13-18(19)21)22-29(25,26)17-8-6-16(7-9-17)28-14-20(24)23-11-3-2-4-12-23/h5-10,13,22H,2-4,11-12,14H2,1H3. The number of carbonyl (C=O) groups is 1. The van der Waals surface area contributed by atoms with Crippen LogP contribution in [0.1, 0.15) is 19.3 Å². The van der Waals surface area contributed by atoms with E-state index in [9.17, 15) is 13.2 Å². The first kappa shape index (κ1) is 21.3. The summed E-state index contributed by atoms with van der Waals surface area (Å²) >= 11 is 6.03. The van der Waals surface area contributed by atoms with Gasteiger partial charge in [0.05, 0.1) is 22.7 Å². The zero-order valence-corrected chi connectivity index (χ0v) is 17.6. The smallest absolute Gasteiger partial charge is 0.261 e. The second kappa shape index (κ2) is 9.37. The van der Waals surface area contributed by atoms with Crippen LogP contribution >= 0.6 is 11.6 Å². The lowest BCUT2D eigenvalue weighted by Gasteiger charge is -2.26. The number of ether oxygens (including phenoxy) is 2. The van der Waals surface area contributed by atoms with Crippen LogP contribution < -0.4 is 14.2 Å². The molecule has 156 valence electrons. The molecule has 0 aromatic heterocycles. The summed E-state index contributed by atoms with van der Waals surface area (Å²) in [5, 5.41) is 0.301. The molecule has 9 heteroatoms. The Labute approximate surface area is 175 Å². The number of halogens is 1. The van der Waals surface area contributed by atoms with Crippen LogP contribution in [0, 0.1) is 0 Å². The number of nitrogens with one attached hydrogen (secondary N) is 1. The van der Waals surface area contributed by atoms with Crippen LogP contribution in [0.4, 0.5) is 5.69 Å². The summed E-state index contributed by atoms with van der Waals surface area (Å²) in [4.78, 5) is 14.0. The van der Waals surface area contributed by atoms with Crippen molar-refractivity contribution >= 4 is 33.2 Å². The second-order valence-electron chi connectivity index (χ2n) is 6.66. The van der Waals surface area contributed by atoms with Crippen LogP contribution in [0.2, 0.25) is 5.02 Å². The molecular weight excluding hydrogens is 416 g/mol. The fourth-order valence-electron chi connectivity index (χ4n) is 3.04. The average molecular weight is 439 g/mol. The molecule has 0 atom stereocenters. The molecule has 1 aliphatic heterocycles. The number of benzene rings is 2. The van der Waals surface area contributed by atoms with Crippen LogP contribution in [-0.4, -0.2) is 46.0 Å². The highest BCUT2D eigenvalue weighted by molar-refractivity contribution is 7.92. The number of sulfonamides is 1. The molecule has 1 aliphatic rings. The molecule has 3 rings (SSSR count). The maximum Gasteiger partial charge on any atom is 0.261 e. The van der Waals surface area contributed by atoms with Crippen molar-refractivity contribution < 1.29 is 22.7 Å². The number of rotatable bonds is 7. The normalized spacial score (nSPS) is 14.3. The van der Waals surface area contributed by atoms with E-state index in [1.807, 2.05) is 0 Å². The molecule has 0 spiro atoms. The van der Waals surface area contributed by atoms with Crippen molar-refractivity contribution in [3.05, 3.63) is 47.5 Å². The molecule has 0 radical (unpaired) electrons. The quantitative estimate of drug-likeness (QED) is 0.714. The van der Waals surface area contributed by atoms with E-state index in [-0.39, 0.29) is 17.4 Å². The van der Waals surface area contributed by atoms with Gasteiger partial charge in [-0.1, -0.05) is 11.6 Å². The molecule has 2 aromatic carbocycles. The Balaban J connectivity index is 1.61. The van der Waals surface area contributed by atoms with Gasteiger partial charge in [-0.3, -0.25) is 9.52 Å². The monoisotopic (exact) mass is 438 g/mol. The molecule has 7 nitrogen and oxygen atoms in total. The number of methoxy groups -OCH3 is 1. The first-order chi connectivity index (χ1) is 13.9. The summed E-state index contributed by atoms with van der Waals surface area (Å²) in [6.45, 7) is 1.47. The number of likely N-dealkylation sites (tertiary alicyclic amines) is 1. The summed E-state index contributed by atoms with van der Waals surface area (Å²) in [6.07, 6.45) is 3.19. The molecule has 1 N–H and O–H groups in total. The molecular formula is C20H23ClN2O5S. The molecule has 0 unspecified atom stereocenters. The van der Waals surface area contributed by atoms with Crippen molar-refractivity contribution in [3.63, 3.8) is 0 Å². The van der Waals surface area contributed by atoms with E-state index in [2.05, 4.69) is 4.72 Å². The topological polar surface area (TPSA) is 84.9 Å². The number of hydrogen-bond donors (Lipinski definition) is 1. The second-order valence-corrected chi connectivity index (χ2v) is 8.75. The lowest BCUT2D eigenvalue weighted by Crippen LogP contribution is -2.38. The van der Waals surface area contributed by atoms with Crippen LogP contribution in [0.15, 0.2) is 47.4 Å². The van der Waals surface area contributed by atoms with E-state index in [0.29, 0.717) is 22.2 Å².